The number of ether oxygens (including phenoxy) is 1. The summed E-state index contributed by atoms with van der Waals surface area (Å²) in [4.78, 5) is 0. The molecule has 17 heavy (non-hydrogen) atoms. The topological polar surface area (TPSA) is 9.23 Å². The van der Waals surface area contributed by atoms with Crippen LogP contribution in [-0.2, 0) is 0 Å². The standard InChI is InChI=1S/C15H21ClO/c1-9-6-7-10(2)14(11(9)3)17-13-8-12(16)15(13,4)5/h6-7,12-13H,8H2,1-5H3. The molecular weight excluding hydrogens is 232 g/mol. The largest absolute Gasteiger partial charge is 0.489 e. The van der Waals surface area contributed by atoms with E-state index in [2.05, 4.69) is 46.8 Å². The maximum atomic E-state index is 6.23. The molecule has 2 heteroatoms. The van der Waals surface area contributed by atoms with Gasteiger partial charge in [0, 0.05) is 17.2 Å². The minimum absolute atomic E-state index is 0.0736. The van der Waals surface area contributed by atoms with Crippen molar-refractivity contribution in [1.29, 1.82) is 0 Å². The van der Waals surface area contributed by atoms with Gasteiger partial charge < -0.3 is 4.74 Å². The van der Waals surface area contributed by atoms with Crippen LogP contribution in [0.15, 0.2) is 12.1 Å². The van der Waals surface area contributed by atoms with Crippen molar-refractivity contribution in [3.63, 3.8) is 0 Å². The molecule has 0 N–H and O–H groups in total. The zero-order valence-electron chi connectivity index (χ0n) is 11.3. The van der Waals surface area contributed by atoms with E-state index in [4.69, 9.17) is 16.3 Å². The Morgan fingerprint density at radius 2 is 1.76 bits per heavy atom. The van der Waals surface area contributed by atoms with Crippen LogP contribution in [0.1, 0.15) is 37.0 Å². The van der Waals surface area contributed by atoms with Crippen LogP contribution in [0.3, 0.4) is 0 Å². The fourth-order valence-corrected chi connectivity index (χ4v) is 2.59. The third-order valence-electron chi connectivity index (χ3n) is 4.19. The predicted molar refractivity (Wildman–Crippen MR) is 73.1 cm³/mol. The van der Waals surface area contributed by atoms with E-state index in [-0.39, 0.29) is 16.9 Å². The molecule has 0 amide bonds. The lowest BCUT2D eigenvalue weighted by atomic mass is 9.68. The van der Waals surface area contributed by atoms with E-state index in [1.165, 1.54) is 16.7 Å². The fraction of sp³-hybridized carbons (Fsp3) is 0.600. The molecule has 0 heterocycles. The van der Waals surface area contributed by atoms with E-state index in [0.29, 0.717) is 0 Å². The van der Waals surface area contributed by atoms with Gasteiger partial charge in [-0.05, 0) is 37.5 Å². The summed E-state index contributed by atoms with van der Waals surface area (Å²) in [6.07, 6.45) is 1.19. The fourth-order valence-electron chi connectivity index (χ4n) is 2.29. The summed E-state index contributed by atoms with van der Waals surface area (Å²) in [5.41, 5.74) is 3.82. The van der Waals surface area contributed by atoms with Gasteiger partial charge in [-0.25, -0.2) is 0 Å². The molecular formula is C15H21ClO. The van der Waals surface area contributed by atoms with Crippen LogP contribution in [0.4, 0.5) is 0 Å². The first-order valence-corrected chi connectivity index (χ1v) is 6.65. The summed E-state index contributed by atoms with van der Waals surface area (Å²) >= 11 is 6.23. The molecule has 94 valence electrons. The predicted octanol–water partition coefficient (Wildman–Crippen LogP) is 4.40. The lowest BCUT2D eigenvalue weighted by molar-refractivity contribution is -0.0138. The quantitative estimate of drug-likeness (QED) is 0.709. The van der Waals surface area contributed by atoms with Crippen molar-refractivity contribution in [2.75, 3.05) is 0 Å². The molecule has 2 unspecified atom stereocenters. The Morgan fingerprint density at radius 3 is 2.29 bits per heavy atom. The van der Waals surface area contributed by atoms with Crippen molar-refractivity contribution >= 4 is 11.6 Å². The van der Waals surface area contributed by atoms with E-state index >= 15 is 0 Å². The van der Waals surface area contributed by atoms with Crippen molar-refractivity contribution in [3.8, 4) is 5.75 Å². The number of aryl methyl sites for hydroxylation is 2. The van der Waals surface area contributed by atoms with Gasteiger partial charge in [-0.3, -0.25) is 0 Å². The Bertz CT molecular complexity index is 437. The summed E-state index contributed by atoms with van der Waals surface area (Å²) < 4.78 is 6.19. The molecule has 2 atom stereocenters. The molecule has 0 radical (unpaired) electrons. The highest BCUT2D eigenvalue weighted by molar-refractivity contribution is 6.21. The number of alkyl halides is 1. The van der Waals surface area contributed by atoms with Crippen molar-refractivity contribution in [3.05, 3.63) is 28.8 Å². The molecule has 0 bridgehead atoms. The molecule has 1 aromatic rings. The zero-order valence-corrected chi connectivity index (χ0v) is 12.1. The van der Waals surface area contributed by atoms with Crippen LogP contribution < -0.4 is 4.74 Å². The number of rotatable bonds is 2. The van der Waals surface area contributed by atoms with E-state index in [0.717, 1.165) is 12.2 Å². The molecule has 0 aliphatic heterocycles. The van der Waals surface area contributed by atoms with E-state index < -0.39 is 0 Å². The Labute approximate surface area is 109 Å². The molecule has 1 aromatic carbocycles. The van der Waals surface area contributed by atoms with Gasteiger partial charge in [-0.2, -0.15) is 0 Å². The maximum Gasteiger partial charge on any atom is 0.125 e. The van der Waals surface area contributed by atoms with Gasteiger partial charge in [0.15, 0.2) is 0 Å². The number of halogens is 1. The third-order valence-corrected chi connectivity index (χ3v) is 4.93. The van der Waals surface area contributed by atoms with Gasteiger partial charge in [0.1, 0.15) is 11.9 Å². The van der Waals surface area contributed by atoms with Crippen LogP contribution in [0.5, 0.6) is 5.75 Å². The Hall–Kier alpha value is -0.690. The average molecular weight is 253 g/mol. The van der Waals surface area contributed by atoms with E-state index in [1.807, 2.05) is 0 Å². The summed E-state index contributed by atoms with van der Waals surface area (Å²) in [6.45, 7) is 10.7. The molecule has 1 fully saturated rings. The number of benzene rings is 1. The number of hydrogen-bond donors (Lipinski definition) is 0. The van der Waals surface area contributed by atoms with Crippen molar-refractivity contribution in [2.45, 2.75) is 52.5 Å². The highest BCUT2D eigenvalue weighted by Crippen LogP contribution is 2.47. The lowest BCUT2D eigenvalue weighted by Gasteiger charge is -2.48. The molecule has 2 rings (SSSR count). The summed E-state index contributed by atoms with van der Waals surface area (Å²) in [7, 11) is 0. The van der Waals surface area contributed by atoms with Gasteiger partial charge in [0.2, 0.25) is 0 Å². The molecule has 1 saturated carbocycles. The highest BCUT2D eigenvalue weighted by atomic mass is 35.5. The van der Waals surface area contributed by atoms with Crippen LogP contribution >= 0.6 is 11.6 Å². The first-order valence-electron chi connectivity index (χ1n) is 6.21. The average Bonchev–Trinajstić information content (AvgIpc) is 2.28. The van der Waals surface area contributed by atoms with Gasteiger partial charge >= 0.3 is 0 Å². The van der Waals surface area contributed by atoms with Crippen molar-refractivity contribution < 1.29 is 4.74 Å². The van der Waals surface area contributed by atoms with Crippen molar-refractivity contribution in [2.24, 2.45) is 5.41 Å². The highest BCUT2D eigenvalue weighted by Gasteiger charge is 2.49. The molecule has 1 aliphatic carbocycles. The minimum Gasteiger partial charge on any atom is -0.489 e. The van der Waals surface area contributed by atoms with E-state index in [1.54, 1.807) is 0 Å². The Balaban J connectivity index is 2.23. The molecule has 0 saturated heterocycles. The second-order valence-electron chi connectivity index (χ2n) is 5.78. The van der Waals surface area contributed by atoms with Gasteiger partial charge in [0.05, 0.1) is 0 Å². The minimum atomic E-state index is 0.0736. The van der Waals surface area contributed by atoms with Crippen LogP contribution in [0.25, 0.3) is 0 Å². The summed E-state index contributed by atoms with van der Waals surface area (Å²) in [5.74, 6) is 1.05. The SMILES string of the molecule is Cc1ccc(C)c(OC2CC(Cl)C2(C)C)c1C. The monoisotopic (exact) mass is 252 g/mol. The smallest absolute Gasteiger partial charge is 0.125 e. The maximum absolute atomic E-state index is 6.23. The van der Waals surface area contributed by atoms with Gasteiger partial charge in [-0.15, -0.1) is 11.6 Å². The van der Waals surface area contributed by atoms with Gasteiger partial charge in [-0.1, -0.05) is 26.0 Å². The lowest BCUT2D eigenvalue weighted by Crippen LogP contribution is -2.53. The van der Waals surface area contributed by atoms with E-state index in [9.17, 15) is 0 Å². The molecule has 0 aromatic heterocycles. The van der Waals surface area contributed by atoms with Gasteiger partial charge in [0.25, 0.3) is 0 Å². The summed E-state index contributed by atoms with van der Waals surface area (Å²) in [6, 6.07) is 4.27. The molecule has 1 aliphatic rings. The first kappa shape index (κ1) is 12.8. The second kappa shape index (κ2) is 4.20. The Morgan fingerprint density at radius 1 is 1.18 bits per heavy atom. The molecule has 1 nitrogen and oxygen atoms in total. The number of hydrogen-bond acceptors (Lipinski definition) is 1. The first-order chi connectivity index (χ1) is 7.84. The normalized spacial score (nSPS) is 26.5. The molecule has 0 spiro atoms. The van der Waals surface area contributed by atoms with Crippen molar-refractivity contribution in [1.82, 2.24) is 0 Å². The van der Waals surface area contributed by atoms with Crippen LogP contribution in [-0.4, -0.2) is 11.5 Å². The summed E-state index contributed by atoms with van der Waals surface area (Å²) in [5, 5.41) is 0.234. The zero-order chi connectivity index (χ0) is 12.8. The Kier molecular flexibility index (Phi) is 3.15. The second-order valence-corrected chi connectivity index (χ2v) is 6.31. The van der Waals surface area contributed by atoms with Crippen LogP contribution in [0, 0.1) is 26.2 Å². The third kappa shape index (κ3) is 2.06. The van der Waals surface area contributed by atoms with Crippen LogP contribution in [0.2, 0.25) is 0 Å².